The molecular weight excluding hydrogens is 402 g/mol. The van der Waals surface area contributed by atoms with Gasteiger partial charge in [-0.15, -0.1) is 16.4 Å². The van der Waals surface area contributed by atoms with Gasteiger partial charge in [-0.05, 0) is 65.3 Å². The van der Waals surface area contributed by atoms with Crippen molar-refractivity contribution in [3.05, 3.63) is 35.2 Å². The van der Waals surface area contributed by atoms with E-state index in [2.05, 4.69) is 26.8 Å². The van der Waals surface area contributed by atoms with Gasteiger partial charge in [-0.25, -0.2) is 0 Å². The van der Waals surface area contributed by atoms with Crippen LogP contribution in [-0.2, 0) is 11.3 Å². The quantitative estimate of drug-likeness (QED) is 0.656. The summed E-state index contributed by atoms with van der Waals surface area (Å²) in [4.78, 5) is 28.1. The minimum atomic E-state index is -0.0182. The molecule has 2 aromatic heterocycles. The van der Waals surface area contributed by atoms with Gasteiger partial charge >= 0.3 is 0 Å². The summed E-state index contributed by atoms with van der Waals surface area (Å²) < 4.78 is 1.13. The zero-order valence-corrected chi connectivity index (χ0v) is 17.3. The number of carbonyl (C=O) groups is 2. The highest BCUT2D eigenvalue weighted by Crippen LogP contribution is 2.49. The largest absolute Gasteiger partial charge is 0.365 e. The summed E-state index contributed by atoms with van der Waals surface area (Å²) in [7, 11) is 0. The average molecular weight is 426 g/mol. The minimum absolute atomic E-state index is 0.00244. The van der Waals surface area contributed by atoms with Crippen molar-refractivity contribution in [1.29, 1.82) is 0 Å². The molecule has 1 aliphatic heterocycles. The van der Waals surface area contributed by atoms with Crippen LogP contribution < -0.4 is 11.1 Å². The zero-order valence-electron chi connectivity index (χ0n) is 16.5. The van der Waals surface area contributed by atoms with Gasteiger partial charge < -0.3 is 16.0 Å². The zero-order chi connectivity index (χ0) is 20.7. The van der Waals surface area contributed by atoms with E-state index in [1.165, 1.54) is 10.2 Å². The van der Waals surface area contributed by atoms with Crippen LogP contribution in [0, 0.1) is 5.41 Å². The Balaban J connectivity index is 1.10. The van der Waals surface area contributed by atoms with Crippen molar-refractivity contribution in [1.82, 2.24) is 30.4 Å². The highest BCUT2D eigenvalue weighted by molar-refractivity contribution is 7.17. The normalized spacial score (nSPS) is 18.5. The van der Waals surface area contributed by atoms with E-state index in [0.29, 0.717) is 5.56 Å². The van der Waals surface area contributed by atoms with Crippen molar-refractivity contribution in [2.24, 2.45) is 5.41 Å². The predicted octanol–water partition coefficient (Wildman–Crippen LogP) is 1.67. The standard InChI is InChI=1S/C20H23N7O2S/c21-19-23-25-27(24-19)12-17(28)26-6-4-20(5-7-26)10-15(11-20)22-18(29)14-2-1-13-3-8-30-16(13)9-14/h1-3,8-9,15H,4-7,10-12H2,(H2,21,24)(H,22,29). The molecule has 0 radical (unpaired) electrons. The van der Waals surface area contributed by atoms with E-state index in [9.17, 15) is 9.59 Å². The second-order valence-electron chi connectivity index (χ2n) is 8.31. The first-order valence-corrected chi connectivity index (χ1v) is 11.0. The molecule has 2 aliphatic rings. The molecule has 0 bridgehead atoms. The summed E-state index contributed by atoms with van der Waals surface area (Å²) >= 11 is 1.65. The molecule has 156 valence electrons. The summed E-state index contributed by atoms with van der Waals surface area (Å²) in [6.45, 7) is 1.50. The van der Waals surface area contributed by atoms with Crippen molar-refractivity contribution >= 4 is 39.2 Å². The SMILES string of the molecule is Nc1nnn(CC(=O)N2CCC3(CC2)CC(NC(=O)c2ccc4ccsc4c2)C3)n1. The predicted molar refractivity (Wildman–Crippen MR) is 113 cm³/mol. The number of aromatic nitrogens is 4. The van der Waals surface area contributed by atoms with E-state index in [0.717, 1.165) is 43.5 Å². The number of carbonyl (C=O) groups excluding carboxylic acids is 2. The fraction of sp³-hybridized carbons (Fsp3) is 0.450. The van der Waals surface area contributed by atoms with Gasteiger partial charge in [0.25, 0.3) is 11.9 Å². The Kier molecular flexibility index (Phi) is 4.65. The van der Waals surface area contributed by atoms with Crippen LogP contribution in [0.3, 0.4) is 0 Å². The van der Waals surface area contributed by atoms with E-state index in [1.54, 1.807) is 11.3 Å². The number of anilines is 1. The third kappa shape index (κ3) is 3.62. The first-order chi connectivity index (χ1) is 14.5. The van der Waals surface area contributed by atoms with Crippen LogP contribution in [-0.4, -0.2) is 56.1 Å². The number of fused-ring (bicyclic) bond motifs is 1. The number of amides is 2. The van der Waals surface area contributed by atoms with Crippen molar-refractivity contribution in [3.8, 4) is 0 Å². The Morgan fingerprint density at radius 1 is 1.23 bits per heavy atom. The second-order valence-corrected chi connectivity index (χ2v) is 9.26. The third-order valence-corrected chi connectivity index (χ3v) is 7.21. The molecule has 2 fully saturated rings. The summed E-state index contributed by atoms with van der Waals surface area (Å²) in [5.74, 6) is 0.0472. The highest BCUT2D eigenvalue weighted by Gasteiger charge is 2.46. The lowest BCUT2D eigenvalue weighted by molar-refractivity contribution is -0.136. The topological polar surface area (TPSA) is 119 Å². The molecule has 3 N–H and O–H groups in total. The van der Waals surface area contributed by atoms with Crippen molar-refractivity contribution in [3.63, 3.8) is 0 Å². The third-order valence-electron chi connectivity index (χ3n) is 6.33. The fourth-order valence-corrected chi connectivity index (χ4v) is 5.46. The number of hydrogen-bond acceptors (Lipinski definition) is 7. The van der Waals surface area contributed by atoms with Crippen LogP contribution in [0.5, 0.6) is 0 Å². The number of piperidine rings is 1. The number of rotatable bonds is 4. The van der Waals surface area contributed by atoms with Gasteiger partial charge in [0, 0.05) is 29.4 Å². The molecule has 30 heavy (non-hydrogen) atoms. The number of nitrogens with two attached hydrogens (primary N) is 1. The molecule has 3 aromatic rings. The number of likely N-dealkylation sites (tertiary alicyclic amines) is 1. The molecule has 0 unspecified atom stereocenters. The fourth-order valence-electron chi connectivity index (χ4n) is 4.63. The van der Waals surface area contributed by atoms with Gasteiger partial charge in [0.05, 0.1) is 0 Å². The molecule has 1 saturated heterocycles. The Hall–Kier alpha value is -3.01. The van der Waals surface area contributed by atoms with Crippen LogP contribution in [0.25, 0.3) is 10.1 Å². The van der Waals surface area contributed by atoms with Crippen LogP contribution in [0.4, 0.5) is 5.95 Å². The average Bonchev–Trinajstić information content (AvgIpc) is 3.35. The molecule has 0 atom stereocenters. The van der Waals surface area contributed by atoms with Gasteiger partial charge in [0.1, 0.15) is 6.54 Å². The Bertz CT molecular complexity index is 1090. The monoisotopic (exact) mass is 425 g/mol. The molecule has 1 aliphatic carbocycles. The Labute approximate surface area is 177 Å². The van der Waals surface area contributed by atoms with Crippen LogP contribution in [0.1, 0.15) is 36.0 Å². The molecular formula is C20H23N7O2S. The number of nitrogen functional groups attached to an aromatic ring is 1. The molecule has 10 heteroatoms. The number of thiophene rings is 1. The molecule has 1 aromatic carbocycles. The second kappa shape index (κ2) is 7.35. The van der Waals surface area contributed by atoms with Crippen molar-refractivity contribution in [2.45, 2.75) is 38.3 Å². The number of tetrazole rings is 1. The number of benzene rings is 1. The van der Waals surface area contributed by atoms with E-state index in [4.69, 9.17) is 5.73 Å². The van der Waals surface area contributed by atoms with Gasteiger partial charge in [0.2, 0.25) is 5.91 Å². The van der Waals surface area contributed by atoms with Crippen LogP contribution in [0.15, 0.2) is 29.6 Å². The summed E-state index contributed by atoms with van der Waals surface area (Å²) in [5, 5.41) is 17.6. The highest BCUT2D eigenvalue weighted by atomic mass is 32.1. The maximum atomic E-state index is 12.6. The Morgan fingerprint density at radius 3 is 2.77 bits per heavy atom. The van der Waals surface area contributed by atoms with Gasteiger partial charge in [-0.2, -0.15) is 4.80 Å². The molecule has 1 spiro atoms. The number of hydrogen-bond donors (Lipinski definition) is 2. The molecule has 3 heterocycles. The van der Waals surface area contributed by atoms with Crippen molar-refractivity contribution in [2.75, 3.05) is 18.8 Å². The summed E-state index contributed by atoms with van der Waals surface area (Å²) in [6, 6.07) is 8.12. The van der Waals surface area contributed by atoms with Crippen LogP contribution in [0.2, 0.25) is 0 Å². The maximum Gasteiger partial charge on any atom is 0.260 e. The lowest BCUT2D eigenvalue weighted by Gasteiger charge is -2.52. The minimum Gasteiger partial charge on any atom is -0.365 e. The molecule has 1 saturated carbocycles. The van der Waals surface area contributed by atoms with Gasteiger partial charge in [-0.1, -0.05) is 11.2 Å². The lowest BCUT2D eigenvalue weighted by atomic mass is 9.60. The number of nitrogens with zero attached hydrogens (tertiary/aromatic N) is 5. The molecule has 9 nitrogen and oxygen atoms in total. The van der Waals surface area contributed by atoms with Crippen LogP contribution >= 0.6 is 11.3 Å². The Morgan fingerprint density at radius 2 is 2.03 bits per heavy atom. The summed E-state index contributed by atoms with van der Waals surface area (Å²) in [6.07, 6.45) is 3.87. The summed E-state index contributed by atoms with van der Waals surface area (Å²) in [5.41, 5.74) is 6.39. The van der Waals surface area contributed by atoms with E-state index in [-0.39, 0.29) is 35.8 Å². The lowest BCUT2D eigenvalue weighted by Crippen LogP contribution is -2.55. The first kappa shape index (κ1) is 19.0. The maximum absolute atomic E-state index is 12.6. The van der Waals surface area contributed by atoms with E-state index >= 15 is 0 Å². The first-order valence-electron chi connectivity index (χ1n) is 10.1. The van der Waals surface area contributed by atoms with Crippen molar-refractivity contribution < 1.29 is 9.59 Å². The number of nitrogens with one attached hydrogen (secondary N) is 1. The van der Waals surface area contributed by atoms with E-state index in [1.807, 2.05) is 28.5 Å². The molecule has 2 amide bonds. The van der Waals surface area contributed by atoms with Gasteiger partial charge in [-0.3, -0.25) is 9.59 Å². The van der Waals surface area contributed by atoms with E-state index < -0.39 is 0 Å². The van der Waals surface area contributed by atoms with Gasteiger partial charge in [0.15, 0.2) is 0 Å². The smallest absolute Gasteiger partial charge is 0.260 e. The molecule has 5 rings (SSSR count).